The molecule has 140 valence electrons. The number of hydrogen-bond donors (Lipinski definition) is 1. The highest BCUT2D eigenvalue weighted by Gasteiger charge is 2.41. The molecule has 0 radical (unpaired) electrons. The van der Waals surface area contributed by atoms with Crippen LogP contribution in [0.4, 0.5) is 0 Å². The van der Waals surface area contributed by atoms with E-state index in [1.165, 1.54) is 0 Å². The largest absolute Gasteiger partial charge is 0.503 e. The Bertz CT molecular complexity index is 1050. The smallest absolute Gasteiger partial charge is 0.290 e. The summed E-state index contributed by atoms with van der Waals surface area (Å²) >= 11 is 6.23. The number of carbonyl (C=O) groups is 1. The van der Waals surface area contributed by atoms with E-state index >= 15 is 0 Å². The third kappa shape index (κ3) is 3.39. The molecule has 5 heteroatoms. The minimum absolute atomic E-state index is 0.220. The topological polar surface area (TPSA) is 53.4 Å². The van der Waals surface area contributed by atoms with Gasteiger partial charge in [-0.25, -0.2) is 0 Å². The van der Waals surface area contributed by atoms with Gasteiger partial charge in [0.2, 0.25) is 0 Å². The minimum atomic E-state index is -0.429. The van der Waals surface area contributed by atoms with E-state index in [1.807, 2.05) is 61.5 Å². The first-order chi connectivity index (χ1) is 13.5. The maximum absolute atomic E-state index is 13.0. The number of aromatic nitrogens is 1. The van der Waals surface area contributed by atoms with Crippen LogP contribution in [0.3, 0.4) is 0 Å². The summed E-state index contributed by atoms with van der Waals surface area (Å²) < 4.78 is 0. The molecule has 3 aromatic rings. The molecule has 1 amide bonds. The second-order valence-electron chi connectivity index (χ2n) is 6.87. The lowest BCUT2D eigenvalue weighted by molar-refractivity contribution is -0.130. The number of carbonyl (C=O) groups excluding carboxylic acids is 1. The molecule has 0 unspecified atom stereocenters. The molecule has 0 spiro atoms. The van der Waals surface area contributed by atoms with Gasteiger partial charge in [0.25, 0.3) is 5.91 Å². The highest BCUT2D eigenvalue weighted by atomic mass is 35.5. The lowest BCUT2D eigenvalue weighted by Crippen LogP contribution is -2.29. The fraction of sp³-hybridized carbons (Fsp3) is 0.130. The lowest BCUT2D eigenvalue weighted by Gasteiger charge is -2.27. The van der Waals surface area contributed by atoms with Crippen LogP contribution in [0.15, 0.2) is 78.8 Å². The van der Waals surface area contributed by atoms with Gasteiger partial charge in [0, 0.05) is 29.5 Å². The molecule has 0 fully saturated rings. The minimum Gasteiger partial charge on any atom is -0.503 e. The summed E-state index contributed by atoms with van der Waals surface area (Å²) in [5, 5.41) is 11.4. The van der Waals surface area contributed by atoms with Gasteiger partial charge in [-0.3, -0.25) is 9.78 Å². The quantitative estimate of drug-likeness (QED) is 0.674. The van der Waals surface area contributed by atoms with Crippen molar-refractivity contribution in [2.75, 3.05) is 0 Å². The molecule has 1 aliphatic rings. The molecule has 1 aliphatic heterocycles. The Morgan fingerprint density at radius 2 is 1.79 bits per heavy atom. The van der Waals surface area contributed by atoms with Gasteiger partial charge in [-0.2, -0.15) is 0 Å². The number of rotatable bonds is 4. The van der Waals surface area contributed by atoms with E-state index in [-0.39, 0.29) is 5.76 Å². The monoisotopic (exact) mass is 390 g/mol. The molecule has 4 nitrogen and oxygen atoms in total. The van der Waals surface area contributed by atoms with Gasteiger partial charge >= 0.3 is 0 Å². The van der Waals surface area contributed by atoms with Gasteiger partial charge in [0.05, 0.1) is 6.04 Å². The molecule has 0 saturated carbocycles. The van der Waals surface area contributed by atoms with Crippen LogP contribution in [-0.2, 0) is 11.3 Å². The molecule has 1 aromatic heterocycles. The fourth-order valence-electron chi connectivity index (χ4n) is 3.55. The standard InChI is InChI=1S/C23H19ClN2O2/c1-15-5-7-17(8-6-15)20-21(18-3-2-4-19(24)13-18)26(23(28)22(20)27)14-16-9-11-25-12-10-16/h2-13,21,27H,14H2,1H3/t21-/m1/s1. The highest BCUT2D eigenvalue weighted by Crippen LogP contribution is 2.44. The Balaban J connectivity index is 1.83. The third-order valence-corrected chi connectivity index (χ3v) is 5.17. The summed E-state index contributed by atoms with van der Waals surface area (Å²) in [6, 6.07) is 18.5. The summed E-state index contributed by atoms with van der Waals surface area (Å²) in [5.74, 6) is -0.611. The van der Waals surface area contributed by atoms with E-state index < -0.39 is 11.9 Å². The van der Waals surface area contributed by atoms with Gasteiger partial charge in [-0.15, -0.1) is 0 Å². The summed E-state index contributed by atoms with van der Waals surface area (Å²) in [6.07, 6.45) is 3.39. The van der Waals surface area contributed by atoms with Crippen LogP contribution in [0.1, 0.15) is 28.3 Å². The Hall–Kier alpha value is -3.11. The first kappa shape index (κ1) is 18.3. The number of aryl methyl sites for hydroxylation is 1. The molecule has 1 N–H and O–H groups in total. The molecule has 1 atom stereocenters. The van der Waals surface area contributed by atoms with Gasteiger partial charge in [-0.05, 0) is 47.9 Å². The van der Waals surface area contributed by atoms with E-state index in [2.05, 4.69) is 4.98 Å². The lowest BCUT2D eigenvalue weighted by atomic mass is 9.93. The van der Waals surface area contributed by atoms with Gasteiger partial charge < -0.3 is 10.0 Å². The summed E-state index contributed by atoms with van der Waals surface area (Å²) in [7, 11) is 0. The van der Waals surface area contributed by atoms with Crippen molar-refractivity contribution in [3.8, 4) is 0 Å². The van der Waals surface area contributed by atoms with Crippen molar-refractivity contribution in [3.05, 3.63) is 106 Å². The van der Waals surface area contributed by atoms with Crippen molar-refractivity contribution < 1.29 is 9.90 Å². The zero-order chi connectivity index (χ0) is 19.7. The van der Waals surface area contributed by atoms with Crippen LogP contribution in [-0.4, -0.2) is 20.9 Å². The highest BCUT2D eigenvalue weighted by molar-refractivity contribution is 6.30. The number of amides is 1. The van der Waals surface area contributed by atoms with E-state index in [4.69, 9.17) is 11.6 Å². The van der Waals surface area contributed by atoms with Gasteiger partial charge in [-0.1, -0.05) is 53.6 Å². The van der Waals surface area contributed by atoms with Crippen LogP contribution in [0.25, 0.3) is 5.57 Å². The van der Waals surface area contributed by atoms with Gasteiger partial charge in [0.15, 0.2) is 5.76 Å². The van der Waals surface area contributed by atoms with Crippen molar-refractivity contribution in [1.29, 1.82) is 0 Å². The zero-order valence-electron chi connectivity index (χ0n) is 15.3. The number of pyridine rings is 1. The van der Waals surface area contributed by atoms with Crippen LogP contribution < -0.4 is 0 Å². The zero-order valence-corrected chi connectivity index (χ0v) is 16.1. The van der Waals surface area contributed by atoms with Crippen LogP contribution in [0.2, 0.25) is 5.02 Å². The Labute approximate surface area is 168 Å². The van der Waals surface area contributed by atoms with E-state index in [0.717, 1.165) is 22.3 Å². The van der Waals surface area contributed by atoms with Gasteiger partial charge in [0.1, 0.15) is 0 Å². The molecule has 2 aromatic carbocycles. The Kier molecular flexibility index (Phi) is 4.88. The van der Waals surface area contributed by atoms with E-state index in [0.29, 0.717) is 17.1 Å². The van der Waals surface area contributed by atoms with E-state index in [9.17, 15) is 9.90 Å². The average molecular weight is 391 g/mol. The van der Waals surface area contributed by atoms with Crippen molar-refractivity contribution in [3.63, 3.8) is 0 Å². The van der Waals surface area contributed by atoms with Crippen molar-refractivity contribution in [1.82, 2.24) is 9.88 Å². The first-order valence-corrected chi connectivity index (χ1v) is 9.38. The molecule has 0 saturated heterocycles. The second-order valence-corrected chi connectivity index (χ2v) is 7.31. The van der Waals surface area contributed by atoms with Crippen LogP contribution in [0.5, 0.6) is 0 Å². The Morgan fingerprint density at radius 3 is 2.46 bits per heavy atom. The number of hydrogen-bond acceptors (Lipinski definition) is 3. The van der Waals surface area contributed by atoms with Crippen LogP contribution >= 0.6 is 11.6 Å². The second kappa shape index (κ2) is 7.49. The molecular weight excluding hydrogens is 372 g/mol. The number of aliphatic hydroxyl groups is 1. The molecule has 2 heterocycles. The van der Waals surface area contributed by atoms with Crippen molar-refractivity contribution in [2.24, 2.45) is 0 Å². The summed E-state index contributed by atoms with van der Waals surface area (Å²) in [6.45, 7) is 2.36. The van der Waals surface area contributed by atoms with E-state index in [1.54, 1.807) is 23.4 Å². The molecule has 4 rings (SSSR count). The summed E-state index contributed by atoms with van der Waals surface area (Å²) in [4.78, 5) is 18.7. The van der Waals surface area contributed by atoms with Crippen LogP contribution in [0, 0.1) is 6.92 Å². The van der Waals surface area contributed by atoms with Crippen molar-refractivity contribution >= 4 is 23.1 Å². The first-order valence-electron chi connectivity index (χ1n) is 9.00. The Morgan fingerprint density at radius 1 is 1.07 bits per heavy atom. The molecule has 28 heavy (non-hydrogen) atoms. The maximum atomic E-state index is 13.0. The normalized spacial score (nSPS) is 16.7. The predicted molar refractivity (Wildman–Crippen MR) is 110 cm³/mol. The number of halogens is 1. The summed E-state index contributed by atoms with van der Waals surface area (Å²) in [5.41, 5.74) is 4.32. The predicted octanol–water partition coefficient (Wildman–Crippen LogP) is 5.10. The molecular formula is C23H19ClN2O2. The SMILES string of the molecule is Cc1ccc(C2=C(O)C(=O)N(Cc3ccncc3)[C@@H]2c2cccc(Cl)c2)cc1. The number of aliphatic hydroxyl groups excluding tert-OH is 1. The number of nitrogens with zero attached hydrogens (tertiary/aromatic N) is 2. The third-order valence-electron chi connectivity index (χ3n) is 4.93. The molecule has 0 aliphatic carbocycles. The van der Waals surface area contributed by atoms with Crippen molar-refractivity contribution in [2.45, 2.75) is 19.5 Å². The average Bonchev–Trinajstić information content (AvgIpc) is 2.94. The fourth-order valence-corrected chi connectivity index (χ4v) is 3.75. The molecule has 0 bridgehead atoms. The maximum Gasteiger partial charge on any atom is 0.290 e. The number of benzene rings is 2.